The highest BCUT2D eigenvalue weighted by Crippen LogP contribution is 2.35. The first-order valence-corrected chi connectivity index (χ1v) is 17.5. The van der Waals surface area contributed by atoms with E-state index in [2.05, 4.69) is 35.5 Å². The minimum atomic E-state index is -4.16. The molecule has 0 spiro atoms. The number of amides is 2. The summed E-state index contributed by atoms with van der Waals surface area (Å²) >= 11 is 0. The van der Waals surface area contributed by atoms with Crippen LogP contribution in [-0.4, -0.2) is 79.1 Å². The molecule has 12 heteroatoms. The maximum absolute atomic E-state index is 14.5. The van der Waals surface area contributed by atoms with Crippen LogP contribution in [0.1, 0.15) is 74.4 Å². The van der Waals surface area contributed by atoms with Crippen molar-refractivity contribution in [2.45, 2.75) is 89.7 Å². The zero-order valence-corrected chi connectivity index (χ0v) is 29.1. The Bertz CT molecular complexity index is 1730. The fraction of sp³-hybridized carbons (Fsp3) is 0.486. The van der Waals surface area contributed by atoms with Crippen LogP contribution in [0.25, 0.3) is 11.3 Å². The number of hydrogen-bond acceptors (Lipinski definition) is 8. The molecule has 1 aliphatic carbocycles. The van der Waals surface area contributed by atoms with Crippen molar-refractivity contribution in [2.24, 2.45) is 5.41 Å². The van der Waals surface area contributed by atoms with Crippen molar-refractivity contribution in [3.63, 3.8) is 0 Å². The number of hydrogen-bond donors (Lipinski definition) is 1. The number of sulfonamides is 1. The quantitative estimate of drug-likeness (QED) is 0.349. The summed E-state index contributed by atoms with van der Waals surface area (Å²) in [5.41, 5.74) is 3.44. The van der Waals surface area contributed by atoms with E-state index in [4.69, 9.17) is 9.47 Å². The van der Waals surface area contributed by atoms with E-state index >= 15 is 0 Å². The summed E-state index contributed by atoms with van der Waals surface area (Å²) in [4.78, 5) is 39.3. The van der Waals surface area contributed by atoms with Crippen LogP contribution < -0.4 is 9.46 Å². The van der Waals surface area contributed by atoms with Crippen molar-refractivity contribution < 1.29 is 27.5 Å². The number of nitrogens with one attached hydrogen (secondary N) is 1. The number of ether oxygens (including phenoxy) is 2. The van der Waals surface area contributed by atoms with E-state index in [1.54, 1.807) is 30.1 Å². The molecule has 1 aliphatic heterocycles. The van der Waals surface area contributed by atoms with E-state index in [0.717, 1.165) is 16.7 Å². The lowest BCUT2D eigenvalue weighted by atomic mass is 9.84. The van der Waals surface area contributed by atoms with Crippen molar-refractivity contribution in [3.8, 4) is 17.1 Å². The summed E-state index contributed by atoms with van der Waals surface area (Å²) < 4.78 is 41.2. The minimum absolute atomic E-state index is 0.00983. The Morgan fingerprint density at radius 1 is 1.04 bits per heavy atom. The van der Waals surface area contributed by atoms with Gasteiger partial charge in [-0.1, -0.05) is 45.0 Å². The largest absolute Gasteiger partial charge is 0.475 e. The van der Waals surface area contributed by atoms with Crippen molar-refractivity contribution in [2.75, 3.05) is 25.5 Å². The standard InChI is InChI=1S/C35H45N5O6S/c1-22-10-8-11-23(2)31(22)29-19-30-37-33(36-29)38-47(43,44)28-13-9-12-24(18-28)32(41)40(27(21-46-30)20-35(3,4)5)26-16-14-25(15-17-26)39(6)34(42)45-7/h8-13,18-19,25-27H,14-17,20-21H2,1-7H3,(H,36,37,38)/t25-,26-,27-/m1/s1. The third-order valence-electron chi connectivity index (χ3n) is 9.03. The van der Waals surface area contributed by atoms with Crippen LogP contribution in [-0.2, 0) is 14.8 Å². The van der Waals surface area contributed by atoms with Crippen LogP contribution in [0.15, 0.2) is 53.4 Å². The number of methoxy groups -OCH3 is 1. The van der Waals surface area contributed by atoms with Gasteiger partial charge in [0.25, 0.3) is 15.9 Å². The maximum Gasteiger partial charge on any atom is 0.409 e. The Morgan fingerprint density at radius 3 is 2.34 bits per heavy atom. The molecule has 2 amide bonds. The first-order chi connectivity index (χ1) is 22.2. The smallest absolute Gasteiger partial charge is 0.409 e. The maximum atomic E-state index is 14.5. The number of carbonyl (C=O) groups excluding carboxylic acids is 2. The third-order valence-corrected chi connectivity index (χ3v) is 10.4. The molecule has 2 aromatic carbocycles. The highest BCUT2D eigenvalue weighted by molar-refractivity contribution is 7.92. The molecule has 11 nitrogen and oxygen atoms in total. The van der Waals surface area contributed by atoms with Gasteiger partial charge in [0.05, 0.1) is 23.7 Å². The zero-order valence-electron chi connectivity index (χ0n) is 28.2. The van der Waals surface area contributed by atoms with Gasteiger partial charge in [0.2, 0.25) is 11.8 Å². The highest BCUT2D eigenvalue weighted by Gasteiger charge is 2.38. The van der Waals surface area contributed by atoms with Crippen LogP contribution in [0.3, 0.4) is 0 Å². The summed E-state index contributed by atoms with van der Waals surface area (Å²) in [7, 11) is -1.06. The van der Waals surface area contributed by atoms with Crippen molar-refractivity contribution >= 4 is 28.0 Å². The molecule has 2 aliphatic rings. The molecule has 1 N–H and O–H groups in total. The monoisotopic (exact) mass is 663 g/mol. The Hall–Kier alpha value is -4.19. The first-order valence-electron chi connectivity index (χ1n) is 16.0. The van der Waals surface area contributed by atoms with Gasteiger partial charge in [0.15, 0.2) is 0 Å². The van der Waals surface area contributed by atoms with E-state index in [0.29, 0.717) is 37.8 Å². The molecule has 1 saturated carbocycles. The van der Waals surface area contributed by atoms with Gasteiger partial charge in [-0.15, -0.1) is 0 Å². The molecule has 5 rings (SSSR count). The summed E-state index contributed by atoms with van der Waals surface area (Å²) in [6, 6.07) is 13.2. The van der Waals surface area contributed by atoms with E-state index in [1.807, 2.05) is 36.9 Å². The highest BCUT2D eigenvalue weighted by atomic mass is 32.2. The molecule has 47 heavy (non-hydrogen) atoms. The molecule has 252 valence electrons. The third kappa shape index (κ3) is 7.69. The van der Waals surface area contributed by atoms with E-state index in [-0.39, 0.29) is 64.4 Å². The summed E-state index contributed by atoms with van der Waals surface area (Å²) in [5, 5.41) is 0. The van der Waals surface area contributed by atoms with Crippen LogP contribution in [0, 0.1) is 19.3 Å². The minimum Gasteiger partial charge on any atom is -0.475 e. The fourth-order valence-electron chi connectivity index (χ4n) is 6.79. The van der Waals surface area contributed by atoms with E-state index in [9.17, 15) is 18.0 Å². The number of anilines is 1. The zero-order chi connectivity index (χ0) is 34.1. The molecule has 0 saturated heterocycles. The fourth-order valence-corrected chi connectivity index (χ4v) is 7.78. The van der Waals surface area contributed by atoms with Crippen LogP contribution in [0.4, 0.5) is 10.7 Å². The van der Waals surface area contributed by atoms with Gasteiger partial charge in [-0.05, 0) is 80.7 Å². The van der Waals surface area contributed by atoms with Crippen LogP contribution in [0.2, 0.25) is 0 Å². The lowest BCUT2D eigenvalue weighted by Gasteiger charge is -2.44. The molecule has 3 aromatic rings. The summed E-state index contributed by atoms with van der Waals surface area (Å²) in [5.74, 6) is -0.178. The number of aryl methyl sites for hydroxylation is 2. The van der Waals surface area contributed by atoms with E-state index in [1.165, 1.54) is 19.2 Å². The molecule has 1 fully saturated rings. The second kappa shape index (κ2) is 13.5. The lowest BCUT2D eigenvalue weighted by molar-refractivity contribution is 0.0258. The molecule has 1 atom stereocenters. The Balaban J connectivity index is 1.61. The normalized spacial score (nSPS) is 21.3. The average molecular weight is 664 g/mol. The summed E-state index contributed by atoms with van der Waals surface area (Å²) in [6.45, 7) is 10.5. The molecular weight excluding hydrogens is 618 g/mol. The molecule has 4 bridgehead atoms. The van der Waals surface area contributed by atoms with Crippen molar-refractivity contribution in [1.29, 1.82) is 0 Å². The van der Waals surface area contributed by atoms with Crippen LogP contribution in [0.5, 0.6) is 5.88 Å². The van der Waals surface area contributed by atoms with Gasteiger partial charge in [-0.3, -0.25) is 4.79 Å². The number of aromatic nitrogens is 2. The van der Waals surface area contributed by atoms with E-state index < -0.39 is 10.0 Å². The first kappa shape index (κ1) is 34.2. The predicted molar refractivity (Wildman–Crippen MR) is 180 cm³/mol. The van der Waals surface area contributed by atoms with Gasteiger partial charge in [0, 0.05) is 36.3 Å². The second-order valence-corrected chi connectivity index (χ2v) is 15.5. The molecule has 0 unspecified atom stereocenters. The van der Waals surface area contributed by atoms with Gasteiger partial charge in [-0.2, -0.15) is 4.98 Å². The van der Waals surface area contributed by atoms with Gasteiger partial charge in [0.1, 0.15) is 6.61 Å². The van der Waals surface area contributed by atoms with Crippen molar-refractivity contribution in [1.82, 2.24) is 19.8 Å². The number of nitrogens with zero attached hydrogens (tertiary/aromatic N) is 4. The number of rotatable bonds is 4. The summed E-state index contributed by atoms with van der Waals surface area (Å²) in [6.07, 6.45) is 2.94. The molecule has 0 radical (unpaired) electrons. The molecular formula is C35H45N5O6S. The van der Waals surface area contributed by atoms with Crippen molar-refractivity contribution in [3.05, 3.63) is 65.2 Å². The number of fused-ring (bicyclic) bond motifs is 4. The average Bonchev–Trinajstić information content (AvgIpc) is 3.02. The Kier molecular flexibility index (Phi) is 9.81. The topological polar surface area (TPSA) is 131 Å². The second-order valence-electron chi connectivity index (χ2n) is 13.8. The van der Waals surface area contributed by atoms with Gasteiger partial charge in [-0.25, -0.2) is 22.9 Å². The Labute approximate surface area is 277 Å². The number of carbonyl (C=O) groups is 2. The predicted octanol–water partition coefficient (Wildman–Crippen LogP) is 6.21. The van der Waals surface area contributed by atoms with Gasteiger partial charge < -0.3 is 19.3 Å². The number of benzene rings is 2. The lowest BCUT2D eigenvalue weighted by Crippen LogP contribution is -2.53. The Morgan fingerprint density at radius 2 is 1.70 bits per heavy atom. The molecule has 1 aromatic heterocycles. The van der Waals surface area contributed by atoms with Gasteiger partial charge >= 0.3 is 6.09 Å². The molecule has 2 heterocycles. The SMILES string of the molecule is COC(=O)N(C)[C@H]1CC[C@H](N2C(=O)c3cccc(c3)S(=O)(=O)Nc3nc(cc(-c4c(C)cccc4C)n3)OC[C@H]2CC(C)(C)C)CC1. The van der Waals surface area contributed by atoms with Crippen LogP contribution >= 0.6 is 0 Å².